The normalized spacial score (nSPS) is 27.6. The number of nitrogens with one attached hydrogen (secondary N) is 1. The molecule has 5 rings (SSSR count). The number of aliphatic hydroxyl groups excluding tert-OH is 1. The van der Waals surface area contributed by atoms with Gasteiger partial charge in [0.15, 0.2) is 0 Å². The number of hydrogen-bond acceptors (Lipinski definition) is 5. The smallest absolute Gasteiger partial charge is 0.248 e. The molecule has 3 aliphatic rings. The molecule has 5 unspecified atom stereocenters. The van der Waals surface area contributed by atoms with Gasteiger partial charge in [0.05, 0.1) is 11.8 Å². The standard InChI is InChI=1S/C28H39N5O3/c1-16-7-6-8-19(11-16)22-13-21(22)17(2)29-26(35)24-12-20(34)14-32(24)27(36)25(28(3,4)5)33-15-23(30-31-33)18-9-10-18/h6-8,11,15,17-18,20-22,24-25,34H,9-10,12-14H2,1-5H3,(H,29,35)/t17?,20?,21?,22?,24?,25-/m1/s1. The SMILES string of the molecule is Cc1cccc(C2CC2C(C)NC(=O)C2CC(O)CN2C(=O)[C@@H](n2cc(C3CC3)nn2)C(C)(C)C)c1. The van der Waals surface area contributed by atoms with Crippen molar-refractivity contribution >= 4 is 11.8 Å². The van der Waals surface area contributed by atoms with Gasteiger partial charge in [0.25, 0.3) is 0 Å². The molecule has 8 heteroatoms. The number of nitrogens with zero attached hydrogens (tertiary/aromatic N) is 4. The van der Waals surface area contributed by atoms with Crippen LogP contribution in [0.25, 0.3) is 0 Å². The van der Waals surface area contributed by atoms with E-state index in [0.717, 1.165) is 25.0 Å². The second-order valence-electron chi connectivity index (χ2n) is 12.3. The number of β-amino-alcohol motifs (C(OH)–C–C–N with tert-alkyl or cyclic N) is 1. The molecule has 1 aromatic carbocycles. The van der Waals surface area contributed by atoms with E-state index in [-0.39, 0.29) is 30.8 Å². The Balaban J connectivity index is 1.28. The Morgan fingerprint density at radius 1 is 1.19 bits per heavy atom. The zero-order valence-corrected chi connectivity index (χ0v) is 22.0. The van der Waals surface area contributed by atoms with Crippen LogP contribution in [0.5, 0.6) is 0 Å². The Morgan fingerprint density at radius 3 is 2.61 bits per heavy atom. The highest BCUT2D eigenvalue weighted by Crippen LogP contribution is 2.49. The highest BCUT2D eigenvalue weighted by atomic mass is 16.3. The van der Waals surface area contributed by atoms with E-state index in [1.54, 1.807) is 9.58 Å². The largest absolute Gasteiger partial charge is 0.391 e. The van der Waals surface area contributed by atoms with Crippen LogP contribution < -0.4 is 5.32 Å². The molecule has 3 fully saturated rings. The third kappa shape index (κ3) is 5.05. The first-order valence-corrected chi connectivity index (χ1v) is 13.3. The maximum absolute atomic E-state index is 13.9. The Kier molecular flexibility index (Phi) is 6.43. The molecule has 0 spiro atoms. The van der Waals surface area contributed by atoms with Crippen LogP contribution in [0, 0.1) is 18.3 Å². The average Bonchev–Trinajstić information content (AvgIpc) is 3.72. The van der Waals surface area contributed by atoms with Gasteiger partial charge in [0.2, 0.25) is 11.8 Å². The first-order chi connectivity index (χ1) is 17.0. The lowest BCUT2D eigenvalue weighted by atomic mass is 9.85. The van der Waals surface area contributed by atoms with Crippen molar-refractivity contribution in [3.63, 3.8) is 0 Å². The number of carbonyl (C=O) groups excluding carboxylic acids is 2. The van der Waals surface area contributed by atoms with E-state index >= 15 is 0 Å². The van der Waals surface area contributed by atoms with Gasteiger partial charge in [-0.1, -0.05) is 55.8 Å². The minimum absolute atomic E-state index is 0.00691. The minimum atomic E-state index is -0.723. The molecule has 194 valence electrons. The molecule has 2 heterocycles. The zero-order chi connectivity index (χ0) is 25.8. The van der Waals surface area contributed by atoms with Crippen molar-refractivity contribution < 1.29 is 14.7 Å². The first kappa shape index (κ1) is 24.9. The topological polar surface area (TPSA) is 100 Å². The summed E-state index contributed by atoms with van der Waals surface area (Å²) in [6, 6.07) is 7.25. The van der Waals surface area contributed by atoms with Crippen LogP contribution in [0.4, 0.5) is 0 Å². The molecule has 2 N–H and O–H groups in total. The van der Waals surface area contributed by atoms with E-state index in [4.69, 9.17) is 0 Å². The lowest BCUT2D eigenvalue weighted by Gasteiger charge is -2.34. The molecule has 2 aromatic rings. The zero-order valence-electron chi connectivity index (χ0n) is 22.0. The quantitative estimate of drug-likeness (QED) is 0.616. The van der Waals surface area contributed by atoms with E-state index in [9.17, 15) is 14.7 Å². The number of benzene rings is 1. The summed E-state index contributed by atoms with van der Waals surface area (Å²) in [5, 5.41) is 22.3. The van der Waals surface area contributed by atoms with Crippen LogP contribution in [-0.2, 0) is 9.59 Å². The summed E-state index contributed by atoms with van der Waals surface area (Å²) in [7, 11) is 0. The van der Waals surface area contributed by atoms with Gasteiger partial charge in [-0.3, -0.25) is 9.59 Å². The van der Waals surface area contributed by atoms with Crippen LogP contribution in [0.1, 0.15) is 88.1 Å². The molecule has 0 bridgehead atoms. The number of hydrogen-bond donors (Lipinski definition) is 2. The number of aromatic nitrogens is 3. The second kappa shape index (κ2) is 9.29. The lowest BCUT2D eigenvalue weighted by Crippen LogP contribution is -2.52. The van der Waals surface area contributed by atoms with E-state index < -0.39 is 23.6 Å². The van der Waals surface area contributed by atoms with Gasteiger partial charge in [-0.2, -0.15) is 0 Å². The van der Waals surface area contributed by atoms with Gasteiger partial charge in [0.1, 0.15) is 12.1 Å². The molecule has 1 aliphatic heterocycles. The Morgan fingerprint density at radius 2 is 1.94 bits per heavy atom. The van der Waals surface area contributed by atoms with E-state index in [0.29, 0.717) is 17.8 Å². The van der Waals surface area contributed by atoms with Crippen molar-refractivity contribution in [2.24, 2.45) is 11.3 Å². The minimum Gasteiger partial charge on any atom is -0.391 e. The fraction of sp³-hybridized carbons (Fsp3) is 0.643. The molecular formula is C28H39N5O3. The fourth-order valence-electron chi connectivity index (χ4n) is 5.81. The molecule has 2 saturated carbocycles. The summed E-state index contributed by atoms with van der Waals surface area (Å²) in [5.74, 6) is 0.888. The van der Waals surface area contributed by atoms with E-state index in [1.165, 1.54) is 11.1 Å². The van der Waals surface area contributed by atoms with E-state index in [1.807, 2.05) is 33.9 Å². The molecule has 2 aliphatic carbocycles. The first-order valence-electron chi connectivity index (χ1n) is 13.3. The monoisotopic (exact) mass is 493 g/mol. The van der Waals surface area contributed by atoms with Gasteiger partial charge >= 0.3 is 0 Å². The van der Waals surface area contributed by atoms with Crippen molar-refractivity contribution in [2.45, 2.75) is 96.4 Å². The number of carbonyl (C=O) groups is 2. The van der Waals surface area contributed by atoms with E-state index in [2.05, 4.69) is 46.8 Å². The van der Waals surface area contributed by atoms with Crippen LogP contribution in [-0.4, -0.2) is 61.5 Å². The number of aryl methyl sites for hydroxylation is 1. The third-order valence-corrected chi connectivity index (χ3v) is 8.03. The highest BCUT2D eigenvalue weighted by molar-refractivity contribution is 5.90. The van der Waals surface area contributed by atoms with Gasteiger partial charge in [-0.05, 0) is 55.9 Å². The molecular weight excluding hydrogens is 454 g/mol. The molecule has 36 heavy (non-hydrogen) atoms. The number of likely N-dealkylation sites (tertiary alicyclic amines) is 1. The maximum Gasteiger partial charge on any atom is 0.248 e. The highest BCUT2D eigenvalue weighted by Gasteiger charge is 2.47. The Hall–Kier alpha value is -2.74. The van der Waals surface area contributed by atoms with Gasteiger partial charge in [-0.15, -0.1) is 5.10 Å². The molecule has 1 saturated heterocycles. The molecule has 2 amide bonds. The van der Waals surface area contributed by atoms with Gasteiger partial charge in [0, 0.05) is 31.1 Å². The Bertz CT molecular complexity index is 1130. The lowest BCUT2D eigenvalue weighted by molar-refractivity contribution is -0.144. The van der Waals surface area contributed by atoms with Gasteiger partial charge in [-0.25, -0.2) is 4.68 Å². The van der Waals surface area contributed by atoms with Crippen LogP contribution >= 0.6 is 0 Å². The van der Waals surface area contributed by atoms with Crippen molar-refractivity contribution in [2.75, 3.05) is 6.54 Å². The number of rotatable bonds is 7. The van der Waals surface area contributed by atoms with Crippen molar-refractivity contribution in [1.29, 1.82) is 0 Å². The van der Waals surface area contributed by atoms with Crippen LogP contribution in [0.15, 0.2) is 30.5 Å². The summed E-state index contributed by atoms with van der Waals surface area (Å²) < 4.78 is 1.66. The maximum atomic E-state index is 13.9. The average molecular weight is 494 g/mol. The second-order valence-corrected chi connectivity index (χ2v) is 12.3. The Labute approximate surface area is 213 Å². The summed E-state index contributed by atoms with van der Waals surface area (Å²) in [5.41, 5.74) is 3.05. The summed E-state index contributed by atoms with van der Waals surface area (Å²) in [6.45, 7) is 10.3. The molecule has 6 atom stereocenters. The summed E-state index contributed by atoms with van der Waals surface area (Å²) in [6.07, 6.45) is 4.67. The van der Waals surface area contributed by atoms with Crippen molar-refractivity contribution in [1.82, 2.24) is 25.2 Å². The van der Waals surface area contributed by atoms with Crippen LogP contribution in [0.3, 0.4) is 0 Å². The predicted octanol–water partition coefficient (Wildman–Crippen LogP) is 3.32. The third-order valence-electron chi connectivity index (χ3n) is 8.03. The fourth-order valence-corrected chi connectivity index (χ4v) is 5.81. The molecule has 8 nitrogen and oxygen atoms in total. The van der Waals surface area contributed by atoms with Crippen LogP contribution in [0.2, 0.25) is 0 Å². The molecule has 1 aromatic heterocycles. The number of amides is 2. The summed E-state index contributed by atoms with van der Waals surface area (Å²) >= 11 is 0. The molecule has 0 radical (unpaired) electrons. The van der Waals surface area contributed by atoms with Crippen molar-refractivity contribution in [3.8, 4) is 0 Å². The number of aliphatic hydroxyl groups is 1. The predicted molar refractivity (Wildman–Crippen MR) is 136 cm³/mol. The summed E-state index contributed by atoms with van der Waals surface area (Å²) in [4.78, 5) is 28.9. The van der Waals surface area contributed by atoms with Gasteiger partial charge < -0.3 is 15.3 Å². The van der Waals surface area contributed by atoms with Crippen molar-refractivity contribution in [3.05, 3.63) is 47.3 Å².